The molecular formula is C15H22FN3O. The van der Waals surface area contributed by atoms with Gasteiger partial charge in [-0.3, -0.25) is 4.79 Å². The maximum atomic E-state index is 12.6. The lowest BCUT2D eigenvalue weighted by molar-refractivity contribution is -0.119. The number of carbonyl (C=O) groups excluding carboxylic acids is 1. The van der Waals surface area contributed by atoms with Gasteiger partial charge in [-0.25, -0.2) is 4.39 Å². The van der Waals surface area contributed by atoms with Gasteiger partial charge in [-0.15, -0.1) is 0 Å². The maximum Gasteiger partial charge on any atom is 0.258 e. The van der Waals surface area contributed by atoms with E-state index >= 15 is 0 Å². The first-order valence-corrected chi connectivity index (χ1v) is 7.05. The van der Waals surface area contributed by atoms with Gasteiger partial charge < -0.3 is 14.7 Å². The van der Waals surface area contributed by atoms with Crippen LogP contribution in [0.15, 0.2) is 24.3 Å². The molecule has 1 fully saturated rings. The highest BCUT2D eigenvalue weighted by Crippen LogP contribution is 2.23. The van der Waals surface area contributed by atoms with Crippen LogP contribution in [0.25, 0.3) is 0 Å². The Kier molecular flexibility index (Phi) is 4.95. The second-order valence-electron chi connectivity index (χ2n) is 5.08. The quantitative estimate of drug-likeness (QED) is 0.840. The van der Waals surface area contributed by atoms with Gasteiger partial charge in [-0.05, 0) is 32.2 Å². The number of carbonyl (C=O) groups is 1. The number of benzene rings is 1. The lowest BCUT2D eigenvalue weighted by atomic mass is 10.2. The molecule has 0 unspecified atom stereocenters. The van der Waals surface area contributed by atoms with Crippen molar-refractivity contribution >= 4 is 17.3 Å². The fraction of sp³-hybridized carbons (Fsp3) is 0.533. The fourth-order valence-electron chi connectivity index (χ4n) is 2.50. The van der Waals surface area contributed by atoms with Crippen LogP contribution in [0.4, 0.5) is 15.8 Å². The Bertz CT molecular complexity index is 458. The summed E-state index contributed by atoms with van der Waals surface area (Å²) in [6.07, 6.45) is 0. The van der Waals surface area contributed by atoms with E-state index in [4.69, 9.17) is 0 Å². The predicted molar refractivity (Wildman–Crippen MR) is 80.2 cm³/mol. The van der Waals surface area contributed by atoms with Crippen molar-refractivity contribution in [2.45, 2.75) is 6.92 Å². The molecule has 1 aromatic carbocycles. The van der Waals surface area contributed by atoms with Gasteiger partial charge in [-0.2, -0.15) is 0 Å². The Morgan fingerprint density at radius 3 is 2.60 bits per heavy atom. The molecule has 1 heterocycles. The molecule has 0 aliphatic carbocycles. The molecule has 4 nitrogen and oxygen atoms in total. The van der Waals surface area contributed by atoms with Crippen LogP contribution >= 0.6 is 0 Å². The van der Waals surface area contributed by atoms with Gasteiger partial charge in [0.15, 0.2) is 6.67 Å². The van der Waals surface area contributed by atoms with Crippen LogP contribution in [0.3, 0.4) is 0 Å². The molecule has 1 aliphatic heterocycles. The first-order valence-electron chi connectivity index (χ1n) is 7.05. The van der Waals surface area contributed by atoms with Crippen LogP contribution in [-0.2, 0) is 4.79 Å². The average molecular weight is 279 g/mol. The van der Waals surface area contributed by atoms with Gasteiger partial charge in [0, 0.05) is 44.1 Å². The Hall–Kier alpha value is -1.62. The molecular weight excluding hydrogens is 257 g/mol. The fourth-order valence-corrected chi connectivity index (χ4v) is 2.50. The molecule has 1 saturated heterocycles. The molecule has 0 saturated carbocycles. The van der Waals surface area contributed by atoms with Gasteiger partial charge in [0.2, 0.25) is 0 Å². The molecule has 0 N–H and O–H groups in total. The molecule has 0 radical (unpaired) electrons. The summed E-state index contributed by atoms with van der Waals surface area (Å²) in [7, 11) is 2.12. The molecule has 0 atom stereocenters. The van der Waals surface area contributed by atoms with E-state index in [2.05, 4.69) is 16.8 Å². The van der Waals surface area contributed by atoms with Gasteiger partial charge in [0.1, 0.15) is 0 Å². The minimum atomic E-state index is -0.952. The summed E-state index contributed by atoms with van der Waals surface area (Å²) in [5.74, 6) is -0.483. The predicted octanol–water partition coefficient (Wildman–Crippen LogP) is 1.76. The first-order chi connectivity index (χ1) is 9.65. The second-order valence-corrected chi connectivity index (χ2v) is 5.08. The number of amides is 1. The minimum absolute atomic E-state index is 0.481. The number of hydrogen-bond donors (Lipinski definition) is 0. The van der Waals surface area contributed by atoms with Crippen molar-refractivity contribution in [1.82, 2.24) is 4.90 Å². The molecule has 0 bridgehead atoms. The van der Waals surface area contributed by atoms with E-state index in [1.54, 1.807) is 0 Å². The van der Waals surface area contributed by atoms with E-state index in [0.717, 1.165) is 37.6 Å². The number of piperazine rings is 1. The van der Waals surface area contributed by atoms with E-state index in [1.807, 2.05) is 31.2 Å². The Morgan fingerprint density at radius 2 is 2.00 bits per heavy atom. The van der Waals surface area contributed by atoms with E-state index in [0.29, 0.717) is 6.54 Å². The van der Waals surface area contributed by atoms with Crippen molar-refractivity contribution in [2.24, 2.45) is 0 Å². The lowest BCUT2D eigenvalue weighted by Crippen LogP contribution is -2.44. The largest absolute Gasteiger partial charge is 0.369 e. The summed E-state index contributed by atoms with van der Waals surface area (Å²) < 4.78 is 12.6. The molecule has 0 aromatic heterocycles. The maximum absolute atomic E-state index is 12.6. The van der Waals surface area contributed by atoms with Gasteiger partial charge >= 0.3 is 0 Å². The second kappa shape index (κ2) is 6.70. The van der Waals surface area contributed by atoms with E-state index in [1.165, 1.54) is 4.90 Å². The highest BCUT2D eigenvalue weighted by Gasteiger charge is 2.17. The summed E-state index contributed by atoms with van der Waals surface area (Å²) in [6, 6.07) is 7.80. The molecule has 20 heavy (non-hydrogen) atoms. The number of likely N-dealkylation sites (N-methyl/N-ethyl adjacent to an activating group) is 1. The molecule has 5 heteroatoms. The van der Waals surface area contributed by atoms with Crippen LogP contribution in [0.2, 0.25) is 0 Å². The van der Waals surface area contributed by atoms with Gasteiger partial charge in [0.05, 0.1) is 0 Å². The van der Waals surface area contributed by atoms with Crippen LogP contribution in [-0.4, -0.2) is 57.3 Å². The lowest BCUT2D eigenvalue weighted by Gasteiger charge is -2.34. The molecule has 1 aliphatic rings. The summed E-state index contributed by atoms with van der Waals surface area (Å²) in [6.45, 7) is 5.40. The number of alkyl halides is 1. The first kappa shape index (κ1) is 14.8. The molecule has 2 rings (SSSR count). The highest BCUT2D eigenvalue weighted by atomic mass is 19.1. The van der Waals surface area contributed by atoms with Crippen molar-refractivity contribution in [3.05, 3.63) is 24.3 Å². The molecule has 0 spiro atoms. The number of halogens is 1. The zero-order valence-corrected chi connectivity index (χ0v) is 12.2. The number of hydrogen-bond acceptors (Lipinski definition) is 3. The van der Waals surface area contributed by atoms with Crippen molar-refractivity contribution in [3.8, 4) is 0 Å². The zero-order valence-electron chi connectivity index (χ0n) is 12.2. The van der Waals surface area contributed by atoms with Crippen molar-refractivity contribution in [1.29, 1.82) is 0 Å². The Labute approximate surface area is 119 Å². The standard InChI is InChI=1S/C15H22FN3O/c1-3-19(15(20)12-16)14-6-4-5-13(11-14)18-9-7-17(2)8-10-18/h4-6,11H,3,7-10,12H2,1-2H3. The van der Waals surface area contributed by atoms with E-state index in [-0.39, 0.29) is 0 Å². The van der Waals surface area contributed by atoms with E-state index < -0.39 is 12.6 Å². The van der Waals surface area contributed by atoms with Crippen LogP contribution in [0.1, 0.15) is 6.92 Å². The molecule has 1 aromatic rings. The number of rotatable bonds is 4. The Balaban J connectivity index is 2.16. The summed E-state index contributed by atoms with van der Waals surface area (Å²) in [5.41, 5.74) is 1.87. The summed E-state index contributed by atoms with van der Waals surface area (Å²) in [5, 5.41) is 0. The third-order valence-electron chi connectivity index (χ3n) is 3.74. The van der Waals surface area contributed by atoms with Crippen molar-refractivity contribution < 1.29 is 9.18 Å². The van der Waals surface area contributed by atoms with Crippen LogP contribution in [0.5, 0.6) is 0 Å². The summed E-state index contributed by atoms with van der Waals surface area (Å²) >= 11 is 0. The monoisotopic (exact) mass is 279 g/mol. The molecule has 110 valence electrons. The zero-order chi connectivity index (χ0) is 14.5. The minimum Gasteiger partial charge on any atom is -0.369 e. The van der Waals surface area contributed by atoms with Gasteiger partial charge in [-0.1, -0.05) is 6.07 Å². The topological polar surface area (TPSA) is 26.8 Å². The SMILES string of the molecule is CCN(C(=O)CF)c1cccc(N2CCN(C)CC2)c1. The molecule has 1 amide bonds. The Morgan fingerprint density at radius 1 is 1.30 bits per heavy atom. The third-order valence-corrected chi connectivity index (χ3v) is 3.74. The third kappa shape index (κ3) is 3.28. The van der Waals surface area contributed by atoms with Crippen LogP contribution < -0.4 is 9.80 Å². The average Bonchev–Trinajstić information content (AvgIpc) is 2.49. The normalized spacial score (nSPS) is 16.2. The number of anilines is 2. The van der Waals surface area contributed by atoms with Crippen LogP contribution in [0, 0.1) is 0 Å². The highest BCUT2D eigenvalue weighted by molar-refractivity contribution is 5.94. The van der Waals surface area contributed by atoms with E-state index in [9.17, 15) is 9.18 Å². The van der Waals surface area contributed by atoms with Crippen molar-refractivity contribution in [3.63, 3.8) is 0 Å². The summed E-state index contributed by atoms with van der Waals surface area (Å²) in [4.78, 5) is 17.7. The smallest absolute Gasteiger partial charge is 0.258 e. The van der Waals surface area contributed by atoms with Crippen molar-refractivity contribution in [2.75, 3.05) is 56.2 Å². The van der Waals surface area contributed by atoms with Gasteiger partial charge in [0.25, 0.3) is 5.91 Å². The number of nitrogens with zero attached hydrogens (tertiary/aromatic N) is 3.